The Bertz CT molecular complexity index is 301. The fraction of sp³-hybridized carbons (Fsp3) is 0.625. The highest BCUT2D eigenvalue weighted by Gasteiger charge is 2.19. The van der Waals surface area contributed by atoms with E-state index in [1.165, 1.54) is 0 Å². The van der Waals surface area contributed by atoms with Gasteiger partial charge in [0.2, 0.25) is 0 Å². The average molecular weight is 241 g/mol. The molecule has 0 aliphatic carbocycles. The Morgan fingerprint density at radius 1 is 1.14 bits per heavy atom. The zero-order valence-electron chi connectivity index (χ0n) is 8.87. The van der Waals surface area contributed by atoms with E-state index in [4.69, 9.17) is 11.5 Å². The normalized spacial score (nSPS) is 10.3. The highest BCUT2D eigenvalue weighted by Crippen LogP contribution is 2.25. The van der Waals surface area contributed by atoms with Gasteiger partial charge in [-0.2, -0.15) is 5.10 Å². The zero-order valence-corrected chi connectivity index (χ0v) is 10.5. The predicted octanol–water partition coefficient (Wildman–Crippen LogP) is 1.95. The van der Waals surface area contributed by atoms with Crippen molar-refractivity contribution in [2.75, 3.05) is 11.5 Å². The van der Waals surface area contributed by atoms with Crippen LogP contribution in [0.15, 0.2) is 0 Å². The van der Waals surface area contributed by atoms with Crippen LogP contribution in [-0.4, -0.2) is 9.78 Å². The first kappa shape index (κ1) is 15.8. The first-order valence-corrected chi connectivity index (χ1v) is 3.95. The van der Waals surface area contributed by atoms with E-state index < -0.39 is 0 Å². The molecule has 84 valence electrons. The minimum Gasteiger partial charge on any atom is -0.394 e. The summed E-state index contributed by atoms with van der Waals surface area (Å²) >= 11 is 0. The molecule has 14 heavy (non-hydrogen) atoms. The molecular formula is C8H18Cl2N4. The van der Waals surface area contributed by atoms with Crippen molar-refractivity contribution in [3.8, 4) is 0 Å². The van der Waals surface area contributed by atoms with Crippen LogP contribution in [0.5, 0.6) is 0 Å². The number of hydrogen-bond donors (Lipinski definition) is 2. The van der Waals surface area contributed by atoms with Crippen LogP contribution in [0.4, 0.5) is 11.5 Å². The highest BCUT2D eigenvalue weighted by atomic mass is 35.5. The summed E-state index contributed by atoms with van der Waals surface area (Å²) in [5, 5.41) is 4.25. The van der Waals surface area contributed by atoms with Crippen LogP contribution in [0.1, 0.15) is 26.5 Å². The lowest BCUT2D eigenvalue weighted by molar-refractivity contribution is 0.360. The maximum Gasteiger partial charge on any atom is 0.145 e. The van der Waals surface area contributed by atoms with Crippen LogP contribution in [0.3, 0.4) is 0 Å². The van der Waals surface area contributed by atoms with Gasteiger partial charge >= 0.3 is 0 Å². The van der Waals surface area contributed by atoms with Crippen molar-refractivity contribution in [3.05, 3.63) is 5.69 Å². The smallest absolute Gasteiger partial charge is 0.145 e. The molecule has 0 amide bonds. The minimum atomic E-state index is -0.105. The lowest BCUT2D eigenvalue weighted by Gasteiger charge is -2.20. The number of halogens is 2. The largest absolute Gasteiger partial charge is 0.394 e. The Hall–Kier alpha value is -0.610. The Labute approximate surface area is 96.8 Å². The summed E-state index contributed by atoms with van der Waals surface area (Å²) in [5.41, 5.74) is 12.7. The minimum absolute atomic E-state index is 0. The Morgan fingerprint density at radius 3 is 1.71 bits per heavy atom. The number of anilines is 2. The molecule has 1 rings (SSSR count). The van der Waals surface area contributed by atoms with Gasteiger partial charge in [0.25, 0.3) is 0 Å². The molecule has 4 N–H and O–H groups in total. The maximum absolute atomic E-state index is 5.77. The number of nitrogen functional groups attached to an aromatic ring is 2. The lowest BCUT2D eigenvalue weighted by Crippen LogP contribution is -2.24. The number of aromatic nitrogens is 2. The molecule has 0 aliphatic rings. The van der Waals surface area contributed by atoms with Gasteiger partial charge in [-0.1, -0.05) is 0 Å². The number of rotatable bonds is 0. The number of hydrogen-bond acceptors (Lipinski definition) is 3. The molecule has 0 atom stereocenters. The summed E-state index contributed by atoms with van der Waals surface area (Å²) in [6.07, 6.45) is 0. The fourth-order valence-electron chi connectivity index (χ4n) is 1.07. The number of nitrogens with zero attached hydrogens (tertiary/aromatic N) is 2. The molecule has 0 aromatic carbocycles. The van der Waals surface area contributed by atoms with Crippen LogP contribution in [0.2, 0.25) is 0 Å². The monoisotopic (exact) mass is 240 g/mol. The van der Waals surface area contributed by atoms with E-state index in [1.54, 1.807) is 4.68 Å². The fourth-order valence-corrected chi connectivity index (χ4v) is 1.07. The highest BCUT2D eigenvalue weighted by molar-refractivity contribution is 5.85. The quantitative estimate of drug-likeness (QED) is 0.729. The van der Waals surface area contributed by atoms with Crippen LogP contribution in [0, 0.1) is 6.92 Å². The number of nitrogens with two attached hydrogens (primary N) is 2. The van der Waals surface area contributed by atoms with Crippen molar-refractivity contribution in [2.45, 2.75) is 33.2 Å². The van der Waals surface area contributed by atoms with Crippen molar-refractivity contribution >= 4 is 36.3 Å². The SMILES string of the molecule is Cc1nn(C(C)(C)C)c(N)c1N.Cl.Cl. The Morgan fingerprint density at radius 2 is 1.57 bits per heavy atom. The summed E-state index contributed by atoms with van der Waals surface area (Å²) in [6.45, 7) is 7.97. The topological polar surface area (TPSA) is 69.9 Å². The number of aryl methyl sites for hydroxylation is 1. The molecule has 0 bridgehead atoms. The molecule has 0 spiro atoms. The van der Waals surface area contributed by atoms with Gasteiger partial charge < -0.3 is 11.5 Å². The van der Waals surface area contributed by atoms with E-state index in [2.05, 4.69) is 5.10 Å². The second-order valence-corrected chi connectivity index (χ2v) is 3.97. The molecule has 0 aliphatic heterocycles. The summed E-state index contributed by atoms with van der Waals surface area (Å²) in [4.78, 5) is 0. The van der Waals surface area contributed by atoms with Gasteiger partial charge in [-0.25, -0.2) is 4.68 Å². The molecule has 0 saturated carbocycles. The third kappa shape index (κ3) is 2.69. The van der Waals surface area contributed by atoms with Crippen molar-refractivity contribution in [1.29, 1.82) is 0 Å². The van der Waals surface area contributed by atoms with Gasteiger partial charge in [0.05, 0.1) is 16.9 Å². The second-order valence-electron chi connectivity index (χ2n) is 3.97. The molecule has 0 saturated heterocycles. The Balaban J connectivity index is 0. The standard InChI is InChI=1S/C8H16N4.2ClH/c1-5-6(9)7(10)12(11-5)8(2,3)4;;/h9-10H2,1-4H3;2*1H. The third-order valence-electron chi connectivity index (χ3n) is 1.78. The summed E-state index contributed by atoms with van der Waals surface area (Å²) in [6, 6.07) is 0. The van der Waals surface area contributed by atoms with Gasteiger partial charge in [-0.05, 0) is 27.7 Å². The molecule has 0 fully saturated rings. The second kappa shape index (κ2) is 4.75. The van der Waals surface area contributed by atoms with E-state index in [-0.39, 0.29) is 30.4 Å². The molecular weight excluding hydrogens is 223 g/mol. The molecule has 1 heterocycles. The summed E-state index contributed by atoms with van der Waals surface area (Å²) in [7, 11) is 0. The van der Waals surface area contributed by atoms with Gasteiger partial charge in [-0.15, -0.1) is 24.8 Å². The molecule has 1 aromatic rings. The molecule has 0 unspecified atom stereocenters. The average Bonchev–Trinajstić information content (AvgIpc) is 2.15. The molecule has 0 radical (unpaired) electrons. The van der Waals surface area contributed by atoms with Gasteiger partial charge in [0, 0.05) is 0 Å². The maximum atomic E-state index is 5.77. The van der Waals surface area contributed by atoms with Crippen LogP contribution >= 0.6 is 24.8 Å². The van der Waals surface area contributed by atoms with Crippen LogP contribution < -0.4 is 11.5 Å². The third-order valence-corrected chi connectivity index (χ3v) is 1.78. The molecule has 6 heteroatoms. The Kier molecular flexibility index (Phi) is 5.38. The van der Waals surface area contributed by atoms with Crippen LogP contribution in [-0.2, 0) is 5.54 Å². The lowest BCUT2D eigenvalue weighted by atomic mass is 10.1. The van der Waals surface area contributed by atoms with E-state index >= 15 is 0 Å². The van der Waals surface area contributed by atoms with Crippen molar-refractivity contribution in [3.63, 3.8) is 0 Å². The van der Waals surface area contributed by atoms with E-state index in [9.17, 15) is 0 Å². The van der Waals surface area contributed by atoms with Gasteiger partial charge in [0.1, 0.15) is 5.82 Å². The van der Waals surface area contributed by atoms with E-state index in [0.29, 0.717) is 11.5 Å². The van der Waals surface area contributed by atoms with E-state index in [1.807, 2.05) is 27.7 Å². The van der Waals surface area contributed by atoms with Crippen molar-refractivity contribution < 1.29 is 0 Å². The zero-order chi connectivity index (χ0) is 9.52. The first-order chi connectivity index (χ1) is 5.34. The van der Waals surface area contributed by atoms with Gasteiger partial charge in [0.15, 0.2) is 0 Å². The molecule has 4 nitrogen and oxygen atoms in total. The summed E-state index contributed by atoms with van der Waals surface area (Å²) < 4.78 is 1.75. The first-order valence-electron chi connectivity index (χ1n) is 3.95. The van der Waals surface area contributed by atoms with Crippen molar-refractivity contribution in [2.24, 2.45) is 0 Å². The van der Waals surface area contributed by atoms with Crippen LogP contribution in [0.25, 0.3) is 0 Å². The predicted molar refractivity (Wildman–Crippen MR) is 65.3 cm³/mol. The van der Waals surface area contributed by atoms with Crippen molar-refractivity contribution in [1.82, 2.24) is 9.78 Å². The van der Waals surface area contributed by atoms with E-state index in [0.717, 1.165) is 5.69 Å². The van der Waals surface area contributed by atoms with Gasteiger partial charge in [-0.3, -0.25) is 0 Å². The molecule has 1 aromatic heterocycles. The summed E-state index contributed by atoms with van der Waals surface area (Å²) in [5.74, 6) is 0.556.